The summed E-state index contributed by atoms with van der Waals surface area (Å²) in [4.78, 5) is 58.5. The summed E-state index contributed by atoms with van der Waals surface area (Å²) >= 11 is 1.58. The zero-order chi connectivity index (χ0) is 38.7. The van der Waals surface area contributed by atoms with Crippen molar-refractivity contribution in [3.8, 4) is 10.4 Å². The average Bonchev–Trinajstić information content (AvgIpc) is 3.73. The molecule has 1 aromatic heterocycles. The third-order valence-corrected chi connectivity index (χ3v) is 11.0. The number of β-amino-alcohol motifs (C(OH)–C–C–N with tert-alkyl or cyclic N) is 1. The molecule has 296 valence electrons. The maximum Gasteiger partial charge on any atom is 0.246 e. The number of unbranched alkanes of at least 4 members (excludes halogenated alkanes) is 1. The van der Waals surface area contributed by atoms with Gasteiger partial charge in [-0.05, 0) is 86.5 Å². The van der Waals surface area contributed by atoms with Gasteiger partial charge in [0, 0.05) is 31.8 Å². The molecule has 2 heterocycles. The number of hydrogen-bond donors (Lipinski definition) is 5. The Balaban J connectivity index is 0.00000784. The van der Waals surface area contributed by atoms with Gasteiger partial charge in [-0.1, -0.05) is 69.3 Å². The molecule has 5 atom stereocenters. The molecule has 0 radical (unpaired) electrons. The van der Waals surface area contributed by atoms with Crippen LogP contribution in [0.1, 0.15) is 107 Å². The predicted molar refractivity (Wildman–Crippen MR) is 217 cm³/mol. The normalized spacial score (nSPS) is 17.3. The van der Waals surface area contributed by atoms with Gasteiger partial charge in [0.15, 0.2) is 0 Å². The lowest BCUT2D eigenvalue weighted by Crippen LogP contribution is -2.57. The molecular weight excluding hydrogens is 724 g/mol. The Hall–Kier alpha value is -3.84. The minimum absolute atomic E-state index is 0. The molecule has 11 nitrogen and oxygen atoms in total. The number of benzene rings is 2. The number of rotatable bonds is 18. The second-order valence-corrected chi connectivity index (χ2v) is 16.4. The number of aliphatic hydroxyl groups excluding tert-OH is 1. The first-order valence-corrected chi connectivity index (χ1v) is 19.7. The van der Waals surface area contributed by atoms with E-state index >= 15 is 0 Å². The predicted octanol–water partition coefficient (Wildman–Crippen LogP) is 5.54. The monoisotopic (exact) mass is 782 g/mol. The van der Waals surface area contributed by atoms with Crippen LogP contribution in [-0.4, -0.2) is 69.4 Å². The molecule has 1 saturated heterocycles. The van der Waals surface area contributed by atoms with E-state index in [1.54, 1.807) is 11.3 Å². The van der Waals surface area contributed by atoms with Crippen molar-refractivity contribution in [1.82, 2.24) is 20.5 Å². The van der Waals surface area contributed by atoms with Crippen molar-refractivity contribution in [3.63, 3.8) is 0 Å². The zero-order valence-electron chi connectivity index (χ0n) is 32.3. The first-order valence-electron chi connectivity index (χ1n) is 18.8. The highest BCUT2D eigenvalue weighted by atomic mass is 35.5. The molecule has 0 aliphatic carbocycles. The summed E-state index contributed by atoms with van der Waals surface area (Å²) < 4.78 is 0. The maximum absolute atomic E-state index is 14.0. The molecule has 4 amide bonds. The number of thiazole rings is 1. The van der Waals surface area contributed by atoms with Crippen LogP contribution in [-0.2, 0) is 32.0 Å². The SMILES string of the molecule is Cc1ncsc1-c1ccc([C@H](C)NC(=O)[C@@H]2C[C@@H](O)CN2C(=O)[C@@H](NC(=O)CCCCc2ccc(CCC[C@@H](N)CCC(N)=O)cc2)C(C)(C)C)cc1.Cl. The quantitative estimate of drug-likeness (QED) is 0.105. The van der Waals surface area contributed by atoms with Gasteiger partial charge in [-0.2, -0.15) is 0 Å². The van der Waals surface area contributed by atoms with E-state index in [2.05, 4.69) is 39.9 Å². The van der Waals surface area contributed by atoms with E-state index in [1.165, 1.54) is 16.0 Å². The fourth-order valence-electron chi connectivity index (χ4n) is 6.78. The summed E-state index contributed by atoms with van der Waals surface area (Å²) in [7, 11) is 0. The summed E-state index contributed by atoms with van der Waals surface area (Å²) in [5, 5.41) is 16.6. The smallest absolute Gasteiger partial charge is 0.246 e. The van der Waals surface area contributed by atoms with E-state index in [4.69, 9.17) is 11.5 Å². The topological polar surface area (TPSA) is 181 Å². The number of primary amides is 1. The molecule has 1 aliphatic rings. The van der Waals surface area contributed by atoms with Crippen molar-refractivity contribution in [3.05, 3.63) is 76.4 Å². The molecular formula is C41H59ClN6O5S. The van der Waals surface area contributed by atoms with Gasteiger partial charge in [0.05, 0.1) is 28.2 Å². The molecule has 1 fully saturated rings. The lowest BCUT2D eigenvalue weighted by Gasteiger charge is -2.35. The lowest BCUT2D eigenvalue weighted by molar-refractivity contribution is -0.144. The largest absolute Gasteiger partial charge is 0.391 e. The van der Waals surface area contributed by atoms with Gasteiger partial charge in [0.1, 0.15) is 12.1 Å². The summed E-state index contributed by atoms with van der Waals surface area (Å²) in [6.07, 6.45) is 5.55. The fraction of sp³-hybridized carbons (Fsp3) is 0.537. The number of nitrogens with zero attached hydrogens (tertiary/aromatic N) is 2. The molecule has 0 spiro atoms. The molecule has 0 unspecified atom stereocenters. The van der Waals surface area contributed by atoms with Crippen LogP contribution < -0.4 is 22.1 Å². The number of nitrogens with one attached hydrogen (secondary N) is 2. The van der Waals surface area contributed by atoms with Crippen molar-refractivity contribution in [2.24, 2.45) is 16.9 Å². The first kappa shape index (κ1) is 44.6. The summed E-state index contributed by atoms with van der Waals surface area (Å²) in [5.41, 5.74) is 17.9. The van der Waals surface area contributed by atoms with Crippen LogP contribution in [0.15, 0.2) is 54.0 Å². The number of carbonyl (C=O) groups excluding carboxylic acids is 4. The van der Waals surface area contributed by atoms with Crippen LogP contribution >= 0.6 is 23.7 Å². The number of nitrogens with two attached hydrogens (primary N) is 2. The molecule has 0 saturated carbocycles. The van der Waals surface area contributed by atoms with Gasteiger partial charge in [-0.15, -0.1) is 23.7 Å². The fourth-order valence-corrected chi connectivity index (χ4v) is 7.59. The van der Waals surface area contributed by atoms with E-state index in [1.807, 2.05) is 64.4 Å². The second-order valence-electron chi connectivity index (χ2n) is 15.6. The second kappa shape index (κ2) is 20.7. The third kappa shape index (κ3) is 13.2. The number of carbonyl (C=O) groups is 4. The van der Waals surface area contributed by atoms with Gasteiger partial charge >= 0.3 is 0 Å². The summed E-state index contributed by atoms with van der Waals surface area (Å²) in [5.74, 6) is -1.23. The molecule has 4 rings (SSSR count). The van der Waals surface area contributed by atoms with Crippen molar-refractivity contribution in [2.45, 2.75) is 129 Å². The number of aliphatic hydroxyl groups is 1. The zero-order valence-corrected chi connectivity index (χ0v) is 33.9. The molecule has 13 heteroatoms. The number of aryl methyl sites for hydroxylation is 3. The van der Waals surface area contributed by atoms with E-state index in [0.29, 0.717) is 19.3 Å². The Morgan fingerprint density at radius 2 is 1.57 bits per heavy atom. The number of halogens is 1. The summed E-state index contributed by atoms with van der Waals surface area (Å²) in [6.45, 7) is 9.56. The molecule has 54 heavy (non-hydrogen) atoms. The first-order chi connectivity index (χ1) is 25.1. The lowest BCUT2D eigenvalue weighted by atomic mass is 9.85. The Labute approximate surface area is 330 Å². The van der Waals surface area contributed by atoms with Gasteiger partial charge in [0.25, 0.3) is 0 Å². The van der Waals surface area contributed by atoms with E-state index < -0.39 is 23.6 Å². The van der Waals surface area contributed by atoms with Gasteiger partial charge in [-0.3, -0.25) is 19.2 Å². The average molecular weight is 783 g/mol. The molecule has 3 aromatic rings. The highest BCUT2D eigenvalue weighted by molar-refractivity contribution is 7.13. The number of aromatic nitrogens is 1. The van der Waals surface area contributed by atoms with Crippen LogP contribution in [0, 0.1) is 12.3 Å². The van der Waals surface area contributed by atoms with E-state index in [-0.39, 0.29) is 67.5 Å². The Bertz CT molecular complexity index is 1680. The molecule has 1 aliphatic heterocycles. The van der Waals surface area contributed by atoms with Crippen LogP contribution in [0.25, 0.3) is 10.4 Å². The van der Waals surface area contributed by atoms with Crippen molar-refractivity contribution < 1.29 is 24.3 Å². The van der Waals surface area contributed by atoms with Gasteiger partial charge in [0.2, 0.25) is 23.6 Å². The highest BCUT2D eigenvalue weighted by Gasteiger charge is 2.44. The van der Waals surface area contributed by atoms with Crippen molar-refractivity contribution in [1.29, 1.82) is 0 Å². The van der Waals surface area contributed by atoms with Crippen LogP contribution in [0.3, 0.4) is 0 Å². The van der Waals surface area contributed by atoms with Crippen LogP contribution in [0.5, 0.6) is 0 Å². The van der Waals surface area contributed by atoms with Crippen LogP contribution in [0.2, 0.25) is 0 Å². The van der Waals surface area contributed by atoms with Crippen molar-refractivity contribution in [2.75, 3.05) is 6.54 Å². The highest BCUT2D eigenvalue weighted by Crippen LogP contribution is 2.30. The Kier molecular flexibility index (Phi) is 17.1. The molecule has 2 aromatic carbocycles. The van der Waals surface area contributed by atoms with Crippen molar-refractivity contribution >= 4 is 47.4 Å². The third-order valence-electron chi connectivity index (χ3n) is 10.0. The summed E-state index contributed by atoms with van der Waals surface area (Å²) in [6, 6.07) is 14.4. The number of amides is 4. The van der Waals surface area contributed by atoms with Crippen LogP contribution in [0.4, 0.5) is 0 Å². The number of hydrogen-bond acceptors (Lipinski definition) is 8. The Morgan fingerprint density at radius 1 is 0.944 bits per heavy atom. The molecule has 7 N–H and O–H groups in total. The minimum atomic E-state index is -0.860. The standard InChI is InChI=1S/C41H58N6O5S.ClH/c1-26(30-17-19-31(20-18-30)37-27(2)44-25-53-37)45-39(51)34-23-33(48)24-47(34)40(52)38(41(3,4)5)46-36(50)12-7-6-9-28-13-15-29(16-14-28)10-8-11-32(42)21-22-35(43)49;/h13-20,25-26,32-34,38,48H,6-12,21-24,42H2,1-5H3,(H2,43,49)(H,45,51)(H,46,50);1H/t26-,32+,33+,34-,38+;/m0./s1. The van der Waals surface area contributed by atoms with Gasteiger partial charge < -0.3 is 32.1 Å². The molecule has 0 bridgehead atoms. The van der Waals surface area contributed by atoms with E-state index in [0.717, 1.165) is 53.8 Å². The number of likely N-dealkylation sites (tertiary alicyclic amines) is 1. The van der Waals surface area contributed by atoms with E-state index in [9.17, 15) is 24.3 Å². The van der Waals surface area contributed by atoms with Gasteiger partial charge in [-0.25, -0.2) is 4.98 Å². The maximum atomic E-state index is 14.0. The Morgan fingerprint density at radius 3 is 2.15 bits per heavy atom. The minimum Gasteiger partial charge on any atom is -0.391 e.